The number of benzene rings is 2. The number of carboxylic acids is 1. The molecule has 5 N–H and O–H groups in total. The van der Waals surface area contributed by atoms with Crippen LogP contribution in [-0.4, -0.2) is 31.5 Å². The van der Waals surface area contributed by atoms with Crippen LogP contribution in [0.5, 0.6) is 23.0 Å². The molecule has 0 heterocycles. The van der Waals surface area contributed by atoms with Gasteiger partial charge >= 0.3 is 5.97 Å². The second kappa shape index (κ2) is 5.37. The van der Waals surface area contributed by atoms with E-state index >= 15 is 0 Å². The van der Waals surface area contributed by atoms with Crippen molar-refractivity contribution in [3.05, 3.63) is 35.9 Å². The van der Waals surface area contributed by atoms with Gasteiger partial charge in [-0.15, -0.1) is 10.2 Å². The minimum Gasteiger partial charge on any atom is -0.506 e. The molecule has 0 saturated heterocycles. The Morgan fingerprint density at radius 3 is 2.19 bits per heavy atom. The summed E-state index contributed by atoms with van der Waals surface area (Å²) in [6, 6.07) is 6.62. The van der Waals surface area contributed by atoms with Gasteiger partial charge in [0.05, 0.1) is 5.56 Å². The molecule has 0 unspecified atom stereocenters. The fourth-order valence-corrected chi connectivity index (χ4v) is 1.55. The Morgan fingerprint density at radius 1 is 0.905 bits per heavy atom. The number of hydrogen-bond donors (Lipinski definition) is 5. The summed E-state index contributed by atoms with van der Waals surface area (Å²) in [5.74, 6) is -4.31. The first-order valence-electron chi connectivity index (χ1n) is 5.62. The van der Waals surface area contributed by atoms with Crippen LogP contribution in [0.4, 0.5) is 11.4 Å². The highest BCUT2D eigenvalue weighted by molar-refractivity contribution is 5.96. The van der Waals surface area contributed by atoms with E-state index in [4.69, 9.17) is 5.11 Å². The van der Waals surface area contributed by atoms with Crippen LogP contribution in [0.25, 0.3) is 0 Å². The third kappa shape index (κ3) is 2.68. The Balaban J connectivity index is 2.56. The number of carbonyl (C=O) groups is 1. The van der Waals surface area contributed by atoms with Gasteiger partial charge in [0.15, 0.2) is 11.5 Å². The van der Waals surface area contributed by atoms with E-state index in [1.165, 1.54) is 12.1 Å². The minimum atomic E-state index is -1.48. The fourth-order valence-electron chi connectivity index (χ4n) is 1.55. The minimum absolute atomic E-state index is 0.0424. The average Bonchev–Trinajstić information content (AvgIpc) is 2.45. The number of rotatable bonds is 3. The lowest BCUT2D eigenvalue weighted by molar-refractivity contribution is 0.0697. The van der Waals surface area contributed by atoms with Gasteiger partial charge in [-0.2, -0.15) is 0 Å². The summed E-state index contributed by atoms with van der Waals surface area (Å²) in [5.41, 5.74) is -1.05. The molecule has 8 nitrogen and oxygen atoms in total. The molecule has 0 aromatic heterocycles. The average molecular weight is 290 g/mol. The maximum Gasteiger partial charge on any atom is 0.338 e. The maximum absolute atomic E-state index is 11.1. The molecule has 0 fully saturated rings. The number of aromatic carboxylic acids is 1. The summed E-state index contributed by atoms with van der Waals surface area (Å²) >= 11 is 0. The number of para-hydroxylation sites is 1. The number of hydrogen-bond acceptors (Lipinski definition) is 7. The molecule has 8 heteroatoms. The highest BCUT2D eigenvalue weighted by atomic mass is 16.4. The van der Waals surface area contributed by atoms with Crippen molar-refractivity contribution < 1.29 is 30.3 Å². The zero-order chi connectivity index (χ0) is 15.6. The van der Waals surface area contributed by atoms with Crippen molar-refractivity contribution in [2.24, 2.45) is 10.2 Å². The van der Waals surface area contributed by atoms with Crippen LogP contribution in [-0.2, 0) is 0 Å². The van der Waals surface area contributed by atoms with E-state index in [0.29, 0.717) is 0 Å². The molecule has 2 aromatic rings. The second-order valence-electron chi connectivity index (χ2n) is 3.98. The number of carboxylic acid groups (broad SMARTS) is 1. The lowest BCUT2D eigenvalue weighted by atomic mass is 10.1. The van der Waals surface area contributed by atoms with Gasteiger partial charge < -0.3 is 25.5 Å². The first-order chi connectivity index (χ1) is 9.91. The molecule has 0 aliphatic rings. The van der Waals surface area contributed by atoms with E-state index in [2.05, 4.69) is 10.2 Å². The zero-order valence-corrected chi connectivity index (χ0v) is 10.4. The number of phenolic OH excluding ortho intramolecular Hbond substituents is 4. The van der Waals surface area contributed by atoms with Gasteiger partial charge in [-0.1, -0.05) is 12.1 Å². The third-order valence-electron chi connectivity index (χ3n) is 2.60. The van der Waals surface area contributed by atoms with E-state index in [1.54, 1.807) is 12.1 Å². The van der Waals surface area contributed by atoms with E-state index in [-0.39, 0.29) is 11.4 Å². The predicted molar refractivity (Wildman–Crippen MR) is 70.7 cm³/mol. The summed E-state index contributed by atoms with van der Waals surface area (Å²) in [7, 11) is 0. The van der Waals surface area contributed by atoms with Gasteiger partial charge in [0.25, 0.3) is 0 Å². The van der Waals surface area contributed by atoms with Gasteiger partial charge in [0.1, 0.15) is 17.1 Å². The molecular weight excluding hydrogens is 280 g/mol. The molecule has 0 radical (unpaired) electrons. The number of azo groups is 1. The van der Waals surface area contributed by atoms with Crippen molar-refractivity contribution in [3.63, 3.8) is 0 Å². The van der Waals surface area contributed by atoms with Crippen LogP contribution in [0.3, 0.4) is 0 Å². The molecule has 0 bridgehead atoms. The predicted octanol–water partition coefficient (Wildman–Crippen LogP) is 2.62. The standard InChI is InChI=1S/C13H10N2O6/c16-8-4-2-1-3-7(8)14-15-10-6(13(20)21)5-9(17)11(18)12(10)19/h1-5,16-19H,(H,20,21). The monoisotopic (exact) mass is 290 g/mol. The van der Waals surface area contributed by atoms with Crippen molar-refractivity contribution in [2.75, 3.05) is 0 Å². The van der Waals surface area contributed by atoms with E-state index < -0.39 is 34.5 Å². The van der Waals surface area contributed by atoms with Gasteiger partial charge in [0.2, 0.25) is 5.75 Å². The first kappa shape index (κ1) is 14.1. The quantitative estimate of drug-likeness (QED) is 0.434. The Labute approximate surface area is 117 Å². The molecule has 108 valence electrons. The molecule has 0 saturated carbocycles. The van der Waals surface area contributed by atoms with E-state index in [0.717, 1.165) is 6.07 Å². The Kier molecular flexibility index (Phi) is 3.61. The van der Waals surface area contributed by atoms with Gasteiger partial charge in [-0.3, -0.25) is 0 Å². The topological polar surface area (TPSA) is 143 Å². The largest absolute Gasteiger partial charge is 0.506 e. The number of aromatic hydroxyl groups is 4. The van der Waals surface area contributed by atoms with Crippen molar-refractivity contribution in [3.8, 4) is 23.0 Å². The van der Waals surface area contributed by atoms with Crippen molar-refractivity contribution in [1.82, 2.24) is 0 Å². The molecule has 0 aliphatic carbocycles. The molecular formula is C13H10N2O6. The first-order valence-corrected chi connectivity index (χ1v) is 5.62. The maximum atomic E-state index is 11.1. The highest BCUT2D eigenvalue weighted by Gasteiger charge is 2.21. The molecule has 21 heavy (non-hydrogen) atoms. The Hall–Kier alpha value is -3.29. The summed E-state index contributed by atoms with van der Waals surface area (Å²) < 4.78 is 0. The number of phenols is 4. The lowest BCUT2D eigenvalue weighted by Crippen LogP contribution is -1.96. The molecule has 0 atom stereocenters. The Morgan fingerprint density at radius 2 is 1.57 bits per heavy atom. The van der Waals surface area contributed by atoms with Crippen molar-refractivity contribution >= 4 is 17.3 Å². The summed E-state index contributed by atoms with van der Waals surface area (Å²) in [6.45, 7) is 0. The molecule has 0 amide bonds. The lowest BCUT2D eigenvalue weighted by Gasteiger charge is -2.06. The molecule has 2 aromatic carbocycles. The zero-order valence-electron chi connectivity index (χ0n) is 10.4. The van der Waals surface area contributed by atoms with Gasteiger partial charge in [-0.05, 0) is 12.1 Å². The SMILES string of the molecule is O=C(O)c1cc(O)c(O)c(O)c1N=Nc1ccccc1O. The Bertz CT molecular complexity index is 742. The third-order valence-corrected chi connectivity index (χ3v) is 2.60. The molecule has 0 aliphatic heterocycles. The fraction of sp³-hybridized carbons (Fsp3) is 0. The van der Waals surface area contributed by atoms with Crippen LogP contribution < -0.4 is 0 Å². The van der Waals surface area contributed by atoms with Crippen LogP contribution >= 0.6 is 0 Å². The van der Waals surface area contributed by atoms with E-state index in [9.17, 15) is 25.2 Å². The van der Waals surface area contributed by atoms with Crippen LogP contribution in [0.15, 0.2) is 40.6 Å². The van der Waals surface area contributed by atoms with Crippen LogP contribution in [0, 0.1) is 0 Å². The van der Waals surface area contributed by atoms with Crippen molar-refractivity contribution in [1.29, 1.82) is 0 Å². The van der Waals surface area contributed by atoms with Crippen LogP contribution in [0.2, 0.25) is 0 Å². The molecule has 2 rings (SSSR count). The van der Waals surface area contributed by atoms with Crippen LogP contribution in [0.1, 0.15) is 10.4 Å². The smallest absolute Gasteiger partial charge is 0.338 e. The highest BCUT2D eigenvalue weighted by Crippen LogP contribution is 2.45. The number of nitrogens with zero attached hydrogens (tertiary/aromatic N) is 2. The molecule has 0 spiro atoms. The van der Waals surface area contributed by atoms with Gasteiger partial charge in [0, 0.05) is 6.07 Å². The normalized spacial score (nSPS) is 10.9. The van der Waals surface area contributed by atoms with Gasteiger partial charge in [-0.25, -0.2) is 4.79 Å². The van der Waals surface area contributed by atoms with E-state index in [1.807, 2.05) is 0 Å². The summed E-state index contributed by atoms with van der Waals surface area (Å²) in [5, 5.41) is 54.0. The summed E-state index contributed by atoms with van der Waals surface area (Å²) in [6.07, 6.45) is 0. The second-order valence-corrected chi connectivity index (χ2v) is 3.98. The van der Waals surface area contributed by atoms with Crippen molar-refractivity contribution in [2.45, 2.75) is 0 Å². The summed E-state index contributed by atoms with van der Waals surface area (Å²) in [4.78, 5) is 11.1.